The van der Waals surface area contributed by atoms with Crippen molar-refractivity contribution >= 4 is 5.91 Å². The molecule has 0 aromatic carbocycles. The summed E-state index contributed by atoms with van der Waals surface area (Å²) in [5.74, 6) is 0.181. The first-order valence-electron chi connectivity index (χ1n) is 6.51. The highest BCUT2D eigenvalue weighted by Crippen LogP contribution is 2.17. The van der Waals surface area contributed by atoms with Crippen LogP contribution in [0.5, 0.6) is 0 Å². The van der Waals surface area contributed by atoms with E-state index in [4.69, 9.17) is 5.73 Å². The Morgan fingerprint density at radius 3 is 2.69 bits per heavy atom. The Hall–Kier alpha value is -0.610. The van der Waals surface area contributed by atoms with Crippen LogP contribution < -0.4 is 11.1 Å². The monoisotopic (exact) mass is 225 g/mol. The maximum absolute atomic E-state index is 11.8. The van der Waals surface area contributed by atoms with Crippen LogP contribution in [0.15, 0.2) is 0 Å². The second-order valence-corrected chi connectivity index (χ2v) is 5.19. The number of likely N-dealkylation sites (tertiary alicyclic amines) is 1. The fourth-order valence-electron chi connectivity index (χ4n) is 2.78. The first kappa shape index (κ1) is 11.9. The number of carbonyl (C=O) groups is 1. The molecule has 1 heterocycles. The van der Waals surface area contributed by atoms with Crippen LogP contribution in [0.4, 0.5) is 0 Å². The molecule has 0 spiro atoms. The molecule has 2 rings (SSSR count). The SMILES string of the molecule is N[C@@H]1CCCN(CC(=O)NC2CCCC2)C1. The van der Waals surface area contributed by atoms with Gasteiger partial charge in [-0.15, -0.1) is 0 Å². The van der Waals surface area contributed by atoms with Gasteiger partial charge in [-0.2, -0.15) is 0 Å². The van der Waals surface area contributed by atoms with Gasteiger partial charge in [0.25, 0.3) is 0 Å². The van der Waals surface area contributed by atoms with E-state index < -0.39 is 0 Å². The van der Waals surface area contributed by atoms with Crippen LogP contribution in [-0.2, 0) is 4.79 Å². The Balaban J connectivity index is 1.69. The molecule has 0 unspecified atom stereocenters. The maximum atomic E-state index is 11.8. The number of carbonyl (C=O) groups excluding carboxylic acids is 1. The molecule has 2 aliphatic rings. The summed E-state index contributed by atoms with van der Waals surface area (Å²) in [6.45, 7) is 2.42. The lowest BCUT2D eigenvalue weighted by Gasteiger charge is -2.30. The van der Waals surface area contributed by atoms with Gasteiger partial charge in [-0.3, -0.25) is 9.69 Å². The second kappa shape index (κ2) is 5.64. The largest absolute Gasteiger partial charge is 0.352 e. The van der Waals surface area contributed by atoms with E-state index in [0.717, 1.165) is 38.8 Å². The average molecular weight is 225 g/mol. The zero-order valence-corrected chi connectivity index (χ0v) is 9.95. The van der Waals surface area contributed by atoms with Crippen LogP contribution >= 0.6 is 0 Å². The Bertz CT molecular complexity index is 238. The lowest BCUT2D eigenvalue weighted by Crippen LogP contribution is -2.48. The van der Waals surface area contributed by atoms with Crippen LogP contribution in [0.1, 0.15) is 38.5 Å². The minimum Gasteiger partial charge on any atom is -0.352 e. The number of nitrogens with one attached hydrogen (secondary N) is 1. The van der Waals surface area contributed by atoms with E-state index in [1.165, 1.54) is 12.8 Å². The summed E-state index contributed by atoms with van der Waals surface area (Å²) in [4.78, 5) is 14.0. The first-order chi connectivity index (χ1) is 7.74. The van der Waals surface area contributed by atoms with Crippen molar-refractivity contribution in [2.24, 2.45) is 5.73 Å². The summed E-state index contributed by atoms with van der Waals surface area (Å²) in [5, 5.41) is 3.12. The van der Waals surface area contributed by atoms with Crippen molar-refractivity contribution in [3.05, 3.63) is 0 Å². The van der Waals surface area contributed by atoms with Crippen molar-refractivity contribution in [2.75, 3.05) is 19.6 Å². The minimum atomic E-state index is 0.181. The molecule has 0 aromatic rings. The van der Waals surface area contributed by atoms with E-state index in [0.29, 0.717) is 12.6 Å². The van der Waals surface area contributed by atoms with Crippen LogP contribution in [0.2, 0.25) is 0 Å². The molecule has 3 N–H and O–H groups in total. The van der Waals surface area contributed by atoms with E-state index in [-0.39, 0.29) is 11.9 Å². The lowest BCUT2D eigenvalue weighted by atomic mass is 10.1. The van der Waals surface area contributed by atoms with Gasteiger partial charge in [0.15, 0.2) is 0 Å². The van der Waals surface area contributed by atoms with Gasteiger partial charge in [0.2, 0.25) is 5.91 Å². The standard InChI is InChI=1S/C12H23N3O/c13-10-4-3-7-15(8-10)9-12(16)14-11-5-1-2-6-11/h10-11H,1-9,13H2,(H,14,16)/t10-/m1/s1. The zero-order chi connectivity index (χ0) is 11.4. The Labute approximate surface area is 97.6 Å². The summed E-state index contributed by atoms with van der Waals surface area (Å²) in [6, 6.07) is 0.694. The Morgan fingerprint density at radius 1 is 1.25 bits per heavy atom. The second-order valence-electron chi connectivity index (χ2n) is 5.19. The Kier molecular flexibility index (Phi) is 4.18. The Morgan fingerprint density at radius 2 is 2.00 bits per heavy atom. The topological polar surface area (TPSA) is 58.4 Å². The molecule has 16 heavy (non-hydrogen) atoms. The normalized spacial score (nSPS) is 28.2. The van der Waals surface area contributed by atoms with Crippen molar-refractivity contribution in [2.45, 2.75) is 50.6 Å². The number of rotatable bonds is 3. The van der Waals surface area contributed by atoms with Crippen LogP contribution in [0.3, 0.4) is 0 Å². The van der Waals surface area contributed by atoms with Crippen LogP contribution in [0, 0.1) is 0 Å². The average Bonchev–Trinajstić information content (AvgIpc) is 2.70. The van der Waals surface area contributed by atoms with Gasteiger partial charge in [-0.1, -0.05) is 12.8 Å². The highest BCUT2D eigenvalue weighted by molar-refractivity contribution is 5.78. The summed E-state index contributed by atoms with van der Waals surface area (Å²) in [5.41, 5.74) is 5.89. The van der Waals surface area contributed by atoms with Gasteiger partial charge in [0, 0.05) is 18.6 Å². The number of nitrogens with two attached hydrogens (primary N) is 1. The molecule has 92 valence electrons. The third-order valence-electron chi connectivity index (χ3n) is 3.63. The molecule has 1 atom stereocenters. The van der Waals surface area contributed by atoms with E-state index in [2.05, 4.69) is 10.2 Å². The molecule has 4 heteroatoms. The zero-order valence-electron chi connectivity index (χ0n) is 9.95. The molecule has 1 saturated carbocycles. The van der Waals surface area contributed by atoms with Gasteiger partial charge in [0.05, 0.1) is 6.54 Å². The molecule has 0 bridgehead atoms. The maximum Gasteiger partial charge on any atom is 0.234 e. The van der Waals surface area contributed by atoms with E-state index >= 15 is 0 Å². The number of piperidine rings is 1. The highest BCUT2D eigenvalue weighted by atomic mass is 16.2. The van der Waals surface area contributed by atoms with Gasteiger partial charge < -0.3 is 11.1 Å². The smallest absolute Gasteiger partial charge is 0.234 e. The molecule has 4 nitrogen and oxygen atoms in total. The van der Waals surface area contributed by atoms with Crippen molar-refractivity contribution in [1.82, 2.24) is 10.2 Å². The molecule has 1 aliphatic carbocycles. The third kappa shape index (κ3) is 3.46. The number of nitrogens with zero attached hydrogens (tertiary/aromatic N) is 1. The van der Waals surface area contributed by atoms with Gasteiger partial charge in [-0.05, 0) is 32.2 Å². The van der Waals surface area contributed by atoms with Crippen LogP contribution in [0.25, 0.3) is 0 Å². The fourth-order valence-corrected chi connectivity index (χ4v) is 2.78. The third-order valence-corrected chi connectivity index (χ3v) is 3.63. The predicted octanol–water partition coefficient (Wildman–Crippen LogP) is 0.468. The lowest BCUT2D eigenvalue weighted by molar-refractivity contribution is -0.123. The summed E-state index contributed by atoms with van der Waals surface area (Å²) >= 11 is 0. The van der Waals surface area contributed by atoms with Gasteiger partial charge in [0.1, 0.15) is 0 Å². The van der Waals surface area contributed by atoms with Crippen molar-refractivity contribution < 1.29 is 4.79 Å². The van der Waals surface area contributed by atoms with E-state index in [1.54, 1.807) is 0 Å². The van der Waals surface area contributed by atoms with E-state index in [9.17, 15) is 4.79 Å². The van der Waals surface area contributed by atoms with Crippen LogP contribution in [-0.4, -0.2) is 42.5 Å². The molecule has 1 aliphatic heterocycles. The minimum absolute atomic E-state index is 0.181. The van der Waals surface area contributed by atoms with Crippen molar-refractivity contribution in [3.63, 3.8) is 0 Å². The summed E-state index contributed by atoms with van der Waals surface area (Å²) in [7, 11) is 0. The molecular weight excluding hydrogens is 202 g/mol. The number of amides is 1. The predicted molar refractivity (Wildman–Crippen MR) is 64.0 cm³/mol. The highest BCUT2D eigenvalue weighted by Gasteiger charge is 2.21. The van der Waals surface area contributed by atoms with Gasteiger partial charge in [-0.25, -0.2) is 0 Å². The molecule has 0 radical (unpaired) electrons. The summed E-state index contributed by atoms with van der Waals surface area (Å²) < 4.78 is 0. The van der Waals surface area contributed by atoms with Crippen molar-refractivity contribution in [3.8, 4) is 0 Å². The molecule has 1 amide bonds. The molecule has 1 saturated heterocycles. The molecule has 2 fully saturated rings. The fraction of sp³-hybridized carbons (Fsp3) is 0.917. The number of hydrogen-bond donors (Lipinski definition) is 2. The van der Waals surface area contributed by atoms with Crippen molar-refractivity contribution in [1.29, 1.82) is 0 Å². The first-order valence-corrected chi connectivity index (χ1v) is 6.51. The van der Waals surface area contributed by atoms with E-state index in [1.807, 2.05) is 0 Å². The summed E-state index contributed by atoms with van der Waals surface area (Å²) in [6.07, 6.45) is 7.06. The van der Waals surface area contributed by atoms with Gasteiger partial charge >= 0.3 is 0 Å². The number of hydrogen-bond acceptors (Lipinski definition) is 3. The quantitative estimate of drug-likeness (QED) is 0.734. The molecule has 0 aromatic heterocycles. The molecular formula is C12H23N3O.